The van der Waals surface area contributed by atoms with Crippen molar-refractivity contribution < 1.29 is 20.3 Å². The molecule has 1 atom stereocenters. The van der Waals surface area contributed by atoms with E-state index in [1.165, 1.54) is 16.7 Å². The fourth-order valence-electron chi connectivity index (χ4n) is 1.67. The molecule has 0 aromatic heterocycles. The molecule has 0 spiro atoms. The maximum absolute atomic E-state index is 3.57. The topological polar surface area (TPSA) is 0 Å². The molecule has 0 saturated heterocycles. The zero-order valence-electron chi connectivity index (χ0n) is 9.17. The normalized spacial score (nSPS) is 18.2. The summed E-state index contributed by atoms with van der Waals surface area (Å²) in [7, 11) is 3.57. The van der Waals surface area contributed by atoms with Crippen LogP contribution in [0.4, 0.5) is 0 Å². The third-order valence-corrected chi connectivity index (χ3v) is 2.81. The number of hydrogen-bond acceptors (Lipinski definition) is 0. The smallest absolute Gasteiger partial charge is 1.00 e. The molecular weight excluding hydrogens is 167 g/mol. The summed E-state index contributed by atoms with van der Waals surface area (Å²) in [4.78, 5) is 0. The van der Waals surface area contributed by atoms with Crippen molar-refractivity contribution in [2.45, 2.75) is 18.9 Å². The van der Waals surface area contributed by atoms with Crippen LogP contribution < -0.4 is 18.9 Å². The van der Waals surface area contributed by atoms with E-state index in [-0.39, 0.29) is 20.3 Å². The average molecular weight is 179 g/mol. The average Bonchev–Trinajstić information content (AvgIpc) is 2.46. The van der Waals surface area contributed by atoms with Gasteiger partial charge in [0.05, 0.1) is 0 Å². The molecule has 1 aliphatic carbocycles. The van der Waals surface area contributed by atoms with Crippen molar-refractivity contribution in [3.63, 3.8) is 0 Å². The Morgan fingerprint density at radius 1 is 1.46 bits per heavy atom. The standard InChI is InChI=1S/C11H11Si.Li.H/c1-8-2-3-9-4-5-10(7-12)11(9)6-8;;/h2-6,10H,7H2,1H3;;/q;+1;-1. The van der Waals surface area contributed by atoms with Crippen molar-refractivity contribution in [1.82, 2.24) is 0 Å². The second kappa shape index (κ2) is 4.33. The van der Waals surface area contributed by atoms with Crippen LogP contribution in [0.25, 0.3) is 6.08 Å². The fraction of sp³-hybridized carbons (Fsp3) is 0.273. The second-order valence-electron chi connectivity index (χ2n) is 3.30. The first-order valence-electron chi connectivity index (χ1n) is 4.24. The molecule has 0 N–H and O–H groups in total. The Bertz CT molecular complexity index is 336. The van der Waals surface area contributed by atoms with E-state index in [1.54, 1.807) is 0 Å². The van der Waals surface area contributed by atoms with E-state index in [2.05, 4.69) is 47.5 Å². The van der Waals surface area contributed by atoms with Crippen LogP contribution in [0, 0.1) is 6.92 Å². The summed E-state index contributed by atoms with van der Waals surface area (Å²) in [5.74, 6) is 0.580. The summed E-state index contributed by atoms with van der Waals surface area (Å²) in [6.45, 7) is 2.14. The summed E-state index contributed by atoms with van der Waals surface area (Å²) in [6, 6.07) is 7.66. The SMILES string of the molecule is Cc1ccc2c(c1)C(C[Si])C=C2.[H-].[Li+]. The molecule has 13 heavy (non-hydrogen) atoms. The van der Waals surface area contributed by atoms with Crippen LogP contribution in [0.15, 0.2) is 24.3 Å². The second-order valence-corrected chi connectivity index (χ2v) is 3.71. The summed E-state index contributed by atoms with van der Waals surface area (Å²) in [5, 5.41) is 0. The van der Waals surface area contributed by atoms with Crippen molar-refractivity contribution in [1.29, 1.82) is 0 Å². The zero-order chi connectivity index (χ0) is 8.55. The Labute approximate surface area is 96.5 Å². The Kier molecular flexibility index (Phi) is 3.61. The van der Waals surface area contributed by atoms with Gasteiger partial charge in [-0.1, -0.05) is 42.0 Å². The molecule has 1 aliphatic rings. The van der Waals surface area contributed by atoms with E-state index in [9.17, 15) is 0 Å². The minimum atomic E-state index is 0. The molecule has 0 heterocycles. The Balaban J connectivity index is 0.000000845. The van der Waals surface area contributed by atoms with E-state index in [4.69, 9.17) is 0 Å². The predicted octanol–water partition coefficient (Wildman–Crippen LogP) is -0.191. The van der Waals surface area contributed by atoms with Crippen molar-refractivity contribution in [2.75, 3.05) is 0 Å². The Hall–Kier alpha value is -0.226. The van der Waals surface area contributed by atoms with Gasteiger partial charge in [-0.2, -0.15) is 0 Å². The molecule has 2 heteroatoms. The Morgan fingerprint density at radius 3 is 2.92 bits per heavy atom. The molecule has 1 aromatic carbocycles. The van der Waals surface area contributed by atoms with Crippen LogP contribution in [0.5, 0.6) is 0 Å². The van der Waals surface area contributed by atoms with Gasteiger partial charge < -0.3 is 1.43 Å². The first kappa shape index (κ1) is 10.9. The molecule has 0 fully saturated rings. The summed E-state index contributed by atoms with van der Waals surface area (Å²) in [6.07, 6.45) is 4.47. The molecule has 0 aliphatic heterocycles. The van der Waals surface area contributed by atoms with Gasteiger partial charge in [-0.3, -0.25) is 0 Å². The largest absolute Gasteiger partial charge is 1.00 e. The van der Waals surface area contributed by atoms with Crippen molar-refractivity contribution in [2.24, 2.45) is 0 Å². The number of aryl methyl sites for hydroxylation is 1. The van der Waals surface area contributed by atoms with Gasteiger partial charge in [0.1, 0.15) is 0 Å². The molecule has 61 valence electrons. The number of benzene rings is 1. The molecule has 3 radical (unpaired) electrons. The van der Waals surface area contributed by atoms with Gasteiger partial charge in [-0.15, -0.1) is 0 Å². The summed E-state index contributed by atoms with van der Waals surface area (Å²) < 4.78 is 0. The van der Waals surface area contributed by atoms with Crippen LogP contribution in [-0.4, -0.2) is 10.2 Å². The van der Waals surface area contributed by atoms with Gasteiger partial charge in [0.25, 0.3) is 0 Å². The van der Waals surface area contributed by atoms with Crippen molar-refractivity contribution in [3.05, 3.63) is 41.0 Å². The van der Waals surface area contributed by atoms with Gasteiger partial charge in [0.2, 0.25) is 0 Å². The van der Waals surface area contributed by atoms with E-state index < -0.39 is 0 Å². The van der Waals surface area contributed by atoms with Crippen molar-refractivity contribution >= 4 is 16.3 Å². The summed E-state index contributed by atoms with van der Waals surface area (Å²) >= 11 is 0. The predicted molar refractivity (Wildman–Crippen MR) is 54.6 cm³/mol. The fourth-order valence-corrected chi connectivity index (χ4v) is 2.02. The van der Waals surface area contributed by atoms with Crippen LogP contribution in [0.3, 0.4) is 0 Å². The first-order chi connectivity index (χ1) is 5.81. The molecule has 1 unspecified atom stereocenters. The minimum absolute atomic E-state index is 0. The van der Waals surface area contributed by atoms with E-state index >= 15 is 0 Å². The van der Waals surface area contributed by atoms with Gasteiger partial charge in [-0.05, 0) is 24.0 Å². The van der Waals surface area contributed by atoms with Crippen molar-refractivity contribution in [3.8, 4) is 0 Å². The van der Waals surface area contributed by atoms with Crippen LogP contribution in [0.2, 0.25) is 6.04 Å². The first-order valence-corrected chi connectivity index (χ1v) is 4.95. The molecule has 1 aromatic rings. The van der Waals surface area contributed by atoms with Crippen LogP contribution >= 0.6 is 0 Å². The Morgan fingerprint density at radius 2 is 2.23 bits per heavy atom. The van der Waals surface area contributed by atoms with Gasteiger partial charge >= 0.3 is 18.9 Å². The molecule has 0 saturated carbocycles. The summed E-state index contributed by atoms with van der Waals surface area (Å²) in [5.41, 5.74) is 4.19. The number of hydrogen-bond donors (Lipinski definition) is 0. The molecule has 0 amide bonds. The number of fused-ring (bicyclic) bond motifs is 1. The maximum atomic E-state index is 3.57. The van der Waals surface area contributed by atoms with Gasteiger partial charge in [-0.25, -0.2) is 0 Å². The molecular formula is C11H12LiSi. The maximum Gasteiger partial charge on any atom is 1.00 e. The van der Waals surface area contributed by atoms with Gasteiger partial charge in [0, 0.05) is 10.2 Å². The minimum Gasteiger partial charge on any atom is -1.00 e. The van der Waals surface area contributed by atoms with E-state index in [0.717, 1.165) is 6.04 Å². The monoisotopic (exact) mass is 179 g/mol. The van der Waals surface area contributed by atoms with E-state index in [1.807, 2.05) is 0 Å². The molecule has 2 rings (SSSR count). The number of rotatable bonds is 1. The van der Waals surface area contributed by atoms with Crippen LogP contribution in [0.1, 0.15) is 24.0 Å². The zero-order valence-corrected chi connectivity index (χ0v) is 9.17. The molecule has 0 bridgehead atoms. The van der Waals surface area contributed by atoms with E-state index in [0.29, 0.717) is 5.92 Å². The van der Waals surface area contributed by atoms with Crippen LogP contribution in [-0.2, 0) is 0 Å². The number of allylic oxidation sites excluding steroid dienone is 1. The quantitative estimate of drug-likeness (QED) is 0.524. The third-order valence-electron chi connectivity index (χ3n) is 2.37. The van der Waals surface area contributed by atoms with Gasteiger partial charge in [0.15, 0.2) is 0 Å². The third kappa shape index (κ3) is 1.99. The molecule has 0 nitrogen and oxygen atoms in total.